The van der Waals surface area contributed by atoms with Crippen molar-refractivity contribution >= 4 is 17.6 Å². The Balaban J connectivity index is 1.36. The lowest BCUT2D eigenvalue weighted by molar-refractivity contribution is -0.274. The quantitative estimate of drug-likeness (QED) is 0.394. The highest BCUT2D eigenvalue weighted by molar-refractivity contribution is 6.04. The molecule has 2 aromatic carbocycles. The van der Waals surface area contributed by atoms with Crippen LogP contribution in [-0.4, -0.2) is 39.2 Å². The van der Waals surface area contributed by atoms with Crippen molar-refractivity contribution < 1.29 is 32.6 Å². The van der Waals surface area contributed by atoms with Crippen LogP contribution in [0, 0.1) is 0 Å². The Morgan fingerprint density at radius 2 is 1.75 bits per heavy atom. The predicted molar refractivity (Wildman–Crippen MR) is 124 cm³/mol. The second kappa shape index (κ2) is 9.21. The van der Waals surface area contributed by atoms with E-state index in [4.69, 9.17) is 0 Å². The van der Waals surface area contributed by atoms with Gasteiger partial charge in [-0.3, -0.25) is 4.79 Å². The minimum Gasteiger partial charge on any atom is -0.507 e. The molecule has 5 rings (SSSR count). The summed E-state index contributed by atoms with van der Waals surface area (Å²) >= 11 is 0. The van der Waals surface area contributed by atoms with Crippen molar-refractivity contribution in [2.75, 3.05) is 5.32 Å². The summed E-state index contributed by atoms with van der Waals surface area (Å²) in [6.45, 7) is 0. The van der Waals surface area contributed by atoms with E-state index in [9.17, 15) is 27.9 Å². The number of aromatic hydroxyl groups is 1. The first kappa shape index (κ1) is 23.7. The largest absolute Gasteiger partial charge is 0.573 e. The molecule has 2 saturated carbocycles. The highest BCUT2D eigenvalue weighted by Crippen LogP contribution is 2.39. The lowest BCUT2D eigenvalue weighted by atomic mass is 9.82. The summed E-state index contributed by atoms with van der Waals surface area (Å²) in [4.78, 5) is 25.4. The fourth-order valence-corrected chi connectivity index (χ4v) is 3.98. The Bertz CT molecular complexity index is 1300. The standard InChI is InChI=1S/C25H23F3N4O4/c26-25(27,28)36-18-9-4-15(5-10-18)23(34)29-17-8-11-22(33)19(12-17)20-13-21(14-2-1-3-14)32(31-20)24(35)30-16-6-7-16/h4-5,8-14,16,33H,1-3,6-7H2,(H,29,34)(H,30,35). The fourth-order valence-electron chi connectivity index (χ4n) is 3.98. The van der Waals surface area contributed by atoms with Gasteiger partial charge in [0.05, 0.1) is 11.4 Å². The van der Waals surface area contributed by atoms with Gasteiger partial charge in [-0.2, -0.15) is 9.78 Å². The number of carbonyl (C=O) groups is 2. The number of phenolic OH excluding ortho intramolecular Hbond substituents is 1. The van der Waals surface area contributed by atoms with Crippen LogP contribution in [0.2, 0.25) is 0 Å². The van der Waals surface area contributed by atoms with Crippen LogP contribution in [0.5, 0.6) is 11.5 Å². The van der Waals surface area contributed by atoms with Crippen LogP contribution >= 0.6 is 0 Å². The number of carbonyl (C=O) groups excluding carboxylic acids is 2. The minimum absolute atomic E-state index is 0.0749. The van der Waals surface area contributed by atoms with Crippen LogP contribution in [0.25, 0.3) is 11.3 Å². The molecule has 1 aromatic heterocycles. The molecule has 0 spiro atoms. The van der Waals surface area contributed by atoms with E-state index in [1.165, 1.54) is 35.0 Å². The molecule has 3 aromatic rings. The number of hydrogen-bond acceptors (Lipinski definition) is 5. The van der Waals surface area contributed by atoms with Gasteiger partial charge in [0.2, 0.25) is 0 Å². The molecule has 0 bridgehead atoms. The summed E-state index contributed by atoms with van der Waals surface area (Å²) in [5, 5.41) is 20.6. The summed E-state index contributed by atoms with van der Waals surface area (Å²) in [7, 11) is 0. The lowest BCUT2D eigenvalue weighted by Gasteiger charge is -2.25. The van der Waals surface area contributed by atoms with E-state index in [0.717, 1.165) is 49.9 Å². The van der Waals surface area contributed by atoms with Crippen LogP contribution in [0.15, 0.2) is 48.5 Å². The van der Waals surface area contributed by atoms with Crippen LogP contribution in [0.4, 0.5) is 23.7 Å². The van der Waals surface area contributed by atoms with E-state index in [2.05, 4.69) is 20.5 Å². The van der Waals surface area contributed by atoms with Gasteiger partial charge < -0.3 is 20.5 Å². The number of anilines is 1. The van der Waals surface area contributed by atoms with Crippen LogP contribution in [-0.2, 0) is 0 Å². The third-order valence-corrected chi connectivity index (χ3v) is 6.24. The van der Waals surface area contributed by atoms with E-state index in [0.29, 0.717) is 16.9 Å². The second-order valence-corrected chi connectivity index (χ2v) is 8.98. The number of nitrogens with one attached hydrogen (secondary N) is 2. The highest BCUT2D eigenvalue weighted by atomic mass is 19.4. The van der Waals surface area contributed by atoms with Crippen molar-refractivity contribution in [2.45, 2.75) is 50.4 Å². The van der Waals surface area contributed by atoms with Crippen LogP contribution in [0.3, 0.4) is 0 Å². The third-order valence-electron chi connectivity index (χ3n) is 6.24. The summed E-state index contributed by atoms with van der Waals surface area (Å²) < 4.78 is 42.2. The van der Waals surface area contributed by atoms with E-state index >= 15 is 0 Å². The maximum Gasteiger partial charge on any atom is 0.573 e. The van der Waals surface area contributed by atoms with Gasteiger partial charge in [0, 0.05) is 28.8 Å². The van der Waals surface area contributed by atoms with Crippen molar-refractivity contribution in [3.63, 3.8) is 0 Å². The van der Waals surface area contributed by atoms with Crippen LogP contribution < -0.4 is 15.4 Å². The van der Waals surface area contributed by atoms with Crippen molar-refractivity contribution in [3.05, 3.63) is 59.8 Å². The summed E-state index contributed by atoms with van der Waals surface area (Å²) in [6, 6.07) is 10.6. The molecular weight excluding hydrogens is 477 g/mol. The number of nitrogens with zero attached hydrogens (tertiary/aromatic N) is 2. The molecule has 11 heteroatoms. The van der Waals surface area contributed by atoms with E-state index in [-0.39, 0.29) is 29.3 Å². The topological polar surface area (TPSA) is 105 Å². The molecule has 3 N–H and O–H groups in total. The average Bonchev–Trinajstić information content (AvgIpc) is 3.49. The lowest BCUT2D eigenvalue weighted by Crippen LogP contribution is -2.33. The Hall–Kier alpha value is -4.02. The van der Waals surface area contributed by atoms with Gasteiger partial charge in [0.25, 0.3) is 5.91 Å². The molecule has 2 aliphatic carbocycles. The van der Waals surface area contributed by atoms with Crippen molar-refractivity contribution in [2.24, 2.45) is 0 Å². The van der Waals surface area contributed by atoms with E-state index in [1.54, 1.807) is 6.07 Å². The molecule has 0 atom stereocenters. The predicted octanol–water partition coefficient (Wildman–Crippen LogP) is 5.39. The molecule has 2 amide bonds. The van der Waals surface area contributed by atoms with Gasteiger partial charge >= 0.3 is 12.4 Å². The Kier molecular flexibility index (Phi) is 6.07. The van der Waals surface area contributed by atoms with E-state index in [1.807, 2.05) is 0 Å². The SMILES string of the molecule is O=C(Nc1ccc(O)c(-c2cc(C3CCC3)n(C(=O)NC3CC3)n2)c1)c1ccc(OC(F)(F)F)cc1. The van der Waals surface area contributed by atoms with Crippen molar-refractivity contribution in [1.82, 2.24) is 15.1 Å². The van der Waals surface area contributed by atoms with Crippen LogP contribution in [0.1, 0.15) is 54.1 Å². The molecular formula is C25H23F3N4O4. The van der Waals surface area contributed by atoms with Gasteiger partial charge in [-0.25, -0.2) is 4.79 Å². The monoisotopic (exact) mass is 500 g/mol. The molecule has 188 valence electrons. The molecule has 0 unspecified atom stereocenters. The fraction of sp³-hybridized carbons (Fsp3) is 0.320. The molecule has 0 saturated heterocycles. The Morgan fingerprint density at radius 3 is 2.36 bits per heavy atom. The maximum absolute atomic E-state index is 12.8. The number of ether oxygens (including phenoxy) is 1. The first-order valence-corrected chi connectivity index (χ1v) is 11.6. The smallest absolute Gasteiger partial charge is 0.507 e. The number of halogens is 3. The van der Waals surface area contributed by atoms with Gasteiger partial charge in [-0.1, -0.05) is 6.42 Å². The molecule has 2 fully saturated rings. The Morgan fingerprint density at radius 1 is 1.03 bits per heavy atom. The van der Waals surface area contributed by atoms with Gasteiger partial charge in [0.15, 0.2) is 0 Å². The first-order valence-electron chi connectivity index (χ1n) is 11.6. The van der Waals surface area contributed by atoms with Crippen molar-refractivity contribution in [1.29, 1.82) is 0 Å². The number of rotatable bonds is 6. The zero-order valence-electron chi connectivity index (χ0n) is 19.0. The summed E-state index contributed by atoms with van der Waals surface area (Å²) in [6.07, 6.45) is 0.0493. The first-order chi connectivity index (χ1) is 17.2. The zero-order valence-corrected chi connectivity index (χ0v) is 19.0. The second-order valence-electron chi connectivity index (χ2n) is 8.98. The molecule has 8 nitrogen and oxygen atoms in total. The van der Waals surface area contributed by atoms with Gasteiger partial charge in [0.1, 0.15) is 11.5 Å². The maximum atomic E-state index is 12.8. The van der Waals surface area contributed by atoms with Gasteiger partial charge in [-0.05, 0) is 74.2 Å². The molecule has 1 heterocycles. The number of phenols is 1. The number of alkyl halides is 3. The number of aromatic nitrogens is 2. The molecule has 2 aliphatic rings. The number of hydrogen-bond donors (Lipinski definition) is 3. The average molecular weight is 500 g/mol. The molecule has 0 aliphatic heterocycles. The Labute approximate surface area is 204 Å². The number of amides is 2. The molecule has 0 radical (unpaired) electrons. The normalized spacial score (nSPS) is 15.8. The highest BCUT2D eigenvalue weighted by Gasteiger charge is 2.32. The zero-order chi connectivity index (χ0) is 25.4. The number of benzene rings is 2. The van der Waals surface area contributed by atoms with E-state index < -0.39 is 18.0 Å². The third kappa shape index (κ3) is 5.29. The summed E-state index contributed by atoms with van der Waals surface area (Å²) in [5.74, 6) is -0.858. The summed E-state index contributed by atoms with van der Waals surface area (Å²) in [5.41, 5.74) is 1.97. The van der Waals surface area contributed by atoms with Crippen molar-refractivity contribution in [3.8, 4) is 22.8 Å². The molecule has 36 heavy (non-hydrogen) atoms. The minimum atomic E-state index is -4.82. The van der Waals surface area contributed by atoms with Gasteiger partial charge in [-0.15, -0.1) is 13.2 Å².